The number of aromatic nitrogens is 4. The fraction of sp³-hybridized carbons (Fsp3) is 0.421. The van der Waals surface area contributed by atoms with Gasteiger partial charge in [0.2, 0.25) is 6.79 Å². The molecule has 5 rings (SSSR count). The van der Waals surface area contributed by atoms with Crippen molar-refractivity contribution in [2.45, 2.75) is 25.2 Å². The normalized spacial score (nSPS) is 18.0. The maximum absolute atomic E-state index is 5.65. The Hall–Kier alpha value is -2.87. The molecular formula is C19H21N5O3. The highest BCUT2D eigenvalue weighted by Gasteiger charge is 2.35. The molecule has 0 aliphatic carbocycles. The molecule has 1 aromatic carbocycles. The first-order chi connectivity index (χ1) is 13.2. The molecule has 0 bridgehead atoms. The summed E-state index contributed by atoms with van der Waals surface area (Å²) in [5, 5.41) is 7.87. The molecule has 0 radical (unpaired) electrons. The van der Waals surface area contributed by atoms with E-state index in [1.807, 2.05) is 19.1 Å². The van der Waals surface area contributed by atoms with E-state index in [0.29, 0.717) is 5.78 Å². The summed E-state index contributed by atoms with van der Waals surface area (Å²) in [5.74, 6) is 3.11. The van der Waals surface area contributed by atoms with Crippen LogP contribution < -0.4 is 14.8 Å². The number of hydrogen-bond acceptors (Lipinski definition) is 7. The number of ether oxygens (including phenoxy) is 3. The molecule has 8 heteroatoms. The molecule has 1 fully saturated rings. The van der Waals surface area contributed by atoms with Gasteiger partial charge in [0.15, 0.2) is 11.5 Å². The van der Waals surface area contributed by atoms with Crippen molar-refractivity contribution >= 4 is 11.6 Å². The molecule has 27 heavy (non-hydrogen) atoms. The average Bonchev–Trinajstić information content (AvgIpc) is 3.35. The Morgan fingerprint density at radius 3 is 2.89 bits per heavy atom. The van der Waals surface area contributed by atoms with Gasteiger partial charge < -0.3 is 19.5 Å². The first-order valence-corrected chi connectivity index (χ1v) is 9.13. The lowest BCUT2D eigenvalue weighted by atomic mass is 9.74. The summed E-state index contributed by atoms with van der Waals surface area (Å²) in [6, 6.07) is 8.25. The van der Waals surface area contributed by atoms with Crippen molar-refractivity contribution in [3.8, 4) is 11.5 Å². The van der Waals surface area contributed by atoms with Crippen molar-refractivity contribution in [1.29, 1.82) is 0 Å². The van der Waals surface area contributed by atoms with Crippen molar-refractivity contribution in [3.05, 3.63) is 41.9 Å². The zero-order valence-electron chi connectivity index (χ0n) is 15.1. The Balaban J connectivity index is 1.48. The van der Waals surface area contributed by atoms with Crippen LogP contribution in [0.1, 0.15) is 24.1 Å². The second kappa shape index (κ2) is 6.38. The number of aryl methyl sites for hydroxylation is 1. The summed E-state index contributed by atoms with van der Waals surface area (Å²) in [5.41, 5.74) is 2.09. The van der Waals surface area contributed by atoms with Gasteiger partial charge in [0, 0.05) is 36.9 Å². The fourth-order valence-corrected chi connectivity index (χ4v) is 3.87. The van der Waals surface area contributed by atoms with Crippen molar-refractivity contribution < 1.29 is 14.2 Å². The summed E-state index contributed by atoms with van der Waals surface area (Å²) in [6.45, 7) is 4.48. The van der Waals surface area contributed by atoms with Crippen LogP contribution in [0.15, 0.2) is 30.6 Å². The van der Waals surface area contributed by atoms with Crippen LogP contribution in [0.4, 0.5) is 5.82 Å². The van der Waals surface area contributed by atoms with Gasteiger partial charge in [-0.15, -0.1) is 0 Å². The topological polar surface area (TPSA) is 82.8 Å². The zero-order valence-corrected chi connectivity index (χ0v) is 15.1. The number of nitrogens with one attached hydrogen (secondary N) is 1. The first-order valence-electron chi connectivity index (χ1n) is 9.13. The molecule has 0 amide bonds. The maximum atomic E-state index is 5.65. The van der Waals surface area contributed by atoms with Gasteiger partial charge in [-0.2, -0.15) is 14.6 Å². The lowest BCUT2D eigenvalue weighted by molar-refractivity contribution is 0.0543. The number of nitrogens with zero attached hydrogens (tertiary/aromatic N) is 4. The van der Waals surface area contributed by atoms with E-state index in [1.54, 1.807) is 4.52 Å². The third-order valence-corrected chi connectivity index (χ3v) is 5.42. The third-order valence-electron chi connectivity index (χ3n) is 5.42. The molecule has 3 aromatic rings. The Kier molecular flexibility index (Phi) is 3.86. The van der Waals surface area contributed by atoms with Crippen molar-refractivity contribution in [1.82, 2.24) is 19.6 Å². The summed E-state index contributed by atoms with van der Waals surface area (Å²) in [7, 11) is 0. The molecule has 2 aliphatic heterocycles. The Morgan fingerprint density at radius 1 is 1.15 bits per heavy atom. The summed E-state index contributed by atoms with van der Waals surface area (Å²) < 4.78 is 18.4. The molecule has 1 N–H and O–H groups in total. The highest BCUT2D eigenvalue weighted by atomic mass is 16.7. The average molecular weight is 367 g/mol. The predicted molar refractivity (Wildman–Crippen MR) is 98.3 cm³/mol. The van der Waals surface area contributed by atoms with Gasteiger partial charge in [-0.25, -0.2) is 4.98 Å². The first kappa shape index (κ1) is 16.3. The zero-order chi connectivity index (χ0) is 18.3. The second-order valence-corrected chi connectivity index (χ2v) is 7.07. The van der Waals surface area contributed by atoms with Gasteiger partial charge in [-0.3, -0.25) is 0 Å². The Labute approximate surface area is 156 Å². The number of anilines is 1. The quantitative estimate of drug-likeness (QED) is 0.758. The minimum Gasteiger partial charge on any atom is -0.454 e. The lowest BCUT2D eigenvalue weighted by Gasteiger charge is -2.38. The van der Waals surface area contributed by atoms with E-state index < -0.39 is 0 Å². The van der Waals surface area contributed by atoms with Crippen molar-refractivity contribution in [3.63, 3.8) is 0 Å². The monoisotopic (exact) mass is 367 g/mol. The van der Waals surface area contributed by atoms with Gasteiger partial charge in [-0.1, -0.05) is 6.07 Å². The van der Waals surface area contributed by atoms with Gasteiger partial charge in [0.1, 0.15) is 12.1 Å². The van der Waals surface area contributed by atoms with E-state index in [4.69, 9.17) is 14.2 Å². The maximum Gasteiger partial charge on any atom is 0.254 e. The molecule has 4 heterocycles. The minimum absolute atomic E-state index is 0.0523. The van der Waals surface area contributed by atoms with Gasteiger partial charge in [0.25, 0.3) is 5.78 Å². The van der Waals surface area contributed by atoms with E-state index in [9.17, 15) is 0 Å². The van der Waals surface area contributed by atoms with Crippen LogP contribution in [0.3, 0.4) is 0 Å². The number of rotatable bonds is 4. The lowest BCUT2D eigenvalue weighted by Crippen LogP contribution is -2.40. The molecule has 2 aromatic heterocycles. The number of fused-ring (bicyclic) bond motifs is 2. The molecule has 0 unspecified atom stereocenters. The van der Waals surface area contributed by atoms with Crippen LogP contribution in [-0.2, 0) is 10.2 Å². The van der Waals surface area contributed by atoms with E-state index >= 15 is 0 Å². The van der Waals surface area contributed by atoms with Crippen LogP contribution in [0, 0.1) is 6.92 Å². The Morgan fingerprint density at radius 2 is 2.00 bits per heavy atom. The van der Waals surface area contributed by atoms with E-state index in [0.717, 1.165) is 55.6 Å². The van der Waals surface area contributed by atoms with Gasteiger partial charge in [0.05, 0.1) is 0 Å². The van der Waals surface area contributed by atoms with Crippen molar-refractivity contribution in [2.75, 3.05) is 31.9 Å². The largest absolute Gasteiger partial charge is 0.454 e. The predicted octanol–water partition coefficient (Wildman–Crippen LogP) is 2.32. The highest BCUT2D eigenvalue weighted by Crippen LogP contribution is 2.41. The molecule has 1 saturated heterocycles. The van der Waals surface area contributed by atoms with Crippen LogP contribution >= 0.6 is 0 Å². The van der Waals surface area contributed by atoms with Crippen LogP contribution in [-0.4, -0.2) is 46.1 Å². The van der Waals surface area contributed by atoms with Gasteiger partial charge in [-0.05, 0) is 37.5 Å². The molecule has 0 atom stereocenters. The third kappa shape index (κ3) is 2.86. The second-order valence-electron chi connectivity index (χ2n) is 7.07. The summed E-state index contributed by atoms with van der Waals surface area (Å²) in [6.07, 6.45) is 3.39. The number of benzene rings is 1. The molecule has 2 aliphatic rings. The van der Waals surface area contributed by atoms with Crippen LogP contribution in [0.25, 0.3) is 5.78 Å². The van der Waals surface area contributed by atoms with Crippen molar-refractivity contribution in [2.24, 2.45) is 0 Å². The summed E-state index contributed by atoms with van der Waals surface area (Å²) in [4.78, 5) is 8.60. The smallest absolute Gasteiger partial charge is 0.254 e. The van der Waals surface area contributed by atoms with E-state index in [-0.39, 0.29) is 12.2 Å². The molecular weight excluding hydrogens is 346 g/mol. The van der Waals surface area contributed by atoms with Gasteiger partial charge >= 0.3 is 0 Å². The highest BCUT2D eigenvalue weighted by molar-refractivity contribution is 5.49. The number of hydrogen-bond donors (Lipinski definition) is 1. The van der Waals surface area contributed by atoms with E-state index in [2.05, 4.69) is 32.5 Å². The fourth-order valence-electron chi connectivity index (χ4n) is 3.87. The molecule has 8 nitrogen and oxygen atoms in total. The van der Waals surface area contributed by atoms with E-state index in [1.165, 1.54) is 11.9 Å². The van der Waals surface area contributed by atoms with Crippen LogP contribution in [0.5, 0.6) is 11.5 Å². The standard InChI is InChI=1S/C19H21N5O3/c1-13-8-17(24-18(23-13)21-11-22-24)20-10-19(4-6-25-7-5-19)14-2-3-15-16(9-14)27-12-26-15/h2-3,8-9,11,20H,4-7,10,12H2,1H3. The molecule has 0 spiro atoms. The Bertz CT molecular complexity index is 981. The summed E-state index contributed by atoms with van der Waals surface area (Å²) >= 11 is 0. The van der Waals surface area contributed by atoms with Crippen LogP contribution in [0.2, 0.25) is 0 Å². The minimum atomic E-state index is -0.0523. The SMILES string of the molecule is Cc1cc(NCC2(c3ccc4c(c3)OCO4)CCOCC2)n2ncnc2n1. The molecule has 140 valence electrons. The molecule has 0 saturated carbocycles.